The molecule has 5 nitrogen and oxygen atoms in total. The predicted molar refractivity (Wildman–Crippen MR) is 98.1 cm³/mol. The number of rotatable bonds is 7. The van der Waals surface area contributed by atoms with Gasteiger partial charge in [-0.1, -0.05) is 25.5 Å². The molecule has 0 fully saturated rings. The van der Waals surface area contributed by atoms with Crippen LogP contribution in [-0.2, 0) is 0 Å². The molecule has 0 aliphatic heterocycles. The van der Waals surface area contributed by atoms with Gasteiger partial charge in [-0.05, 0) is 41.8 Å². The maximum Gasteiger partial charge on any atom is 0.157 e. The van der Waals surface area contributed by atoms with Gasteiger partial charge in [0.25, 0.3) is 0 Å². The van der Waals surface area contributed by atoms with Crippen LogP contribution in [0.25, 0.3) is 0 Å². The minimum absolute atomic E-state index is 0. The van der Waals surface area contributed by atoms with E-state index in [9.17, 15) is 20.4 Å². The summed E-state index contributed by atoms with van der Waals surface area (Å²) in [6.07, 6.45) is 2.23. The second kappa shape index (κ2) is 9.14. The van der Waals surface area contributed by atoms with E-state index in [-0.39, 0.29) is 45.9 Å². The fourth-order valence-corrected chi connectivity index (χ4v) is 3.09. The predicted octanol–water partition coefficient (Wildman–Crippen LogP) is 0.521. The molecule has 0 heterocycles. The lowest BCUT2D eigenvalue weighted by Gasteiger charge is -2.34. The normalized spacial score (nSPS) is 11.4. The highest BCUT2D eigenvalue weighted by Gasteiger charge is 2.26. The Labute approximate surface area is 165 Å². The number of likely N-dealkylation sites (N-methyl/N-ethyl adjacent to an activating group) is 1. The van der Waals surface area contributed by atoms with Crippen LogP contribution in [0.2, 0.25) is 0 Å². The highest BCUT2D eigenvalue weighted by atomic mass is 79.9. The third-order valence-corrected chi connectivity index (χ3v) is 4.60. The van der Waals surface area contributed by atoms with E-state index in [2.05, 4.69) is 21.0 Å². The zero-order chi connectivity index (χ0) is 18.6. The van der Waals surface area contributed by atoms with Crippen LogP contribution < -0.4 is 17.0 Å². The molecule has 0 amide bonds. The summed E-state index contributed by atoms with van der Waals surface area (Å²) in [5, 5.41) is 39.0. The minimum atomic E-state index is -0.163. The number of nitrogens with zero attached hydrogens (tertiary/aromatic N) is 1. The Morgan fingerprint density at radius 2 is 1.27 bits per heavy atom. The van der Waals surface area contributed by atoms with Crippen molar-refractivity contribution in [2.45, 2.75) is 25.7 Å². The molecule has 0 spiro atoms. The van der Waals surface area contributed by atoms with Crippen LogP contribution in [-0.4, -0.2) is 52.1 Å². The van der Waals surface area contributed by atoms with Crippen LogP contribution in [0.5, 0.6) is 23.0 Å². The van der Waals surface area contributed by atoms with Gasteiger partial charge in [0, 0.05) is 0 Å². The molecule has 2 rings (SSSR count). The van der Waals surface area contributed by atoms with Crippen molar-refractivity contribution >= 4 is 0 Å². The molecule has 0 unspecified atom stereocenters. The average molecular weight is 426 g/mol. The van der Waals surface area contributed by atoms with E-state index in [1.165, 1.54) is 12.1 Å². The number of benzene rings is 2. The Balaban J connectivity index is 0.00000338. The number of phenols is 4. The molecular formula is C20H28BrNO4. The van der Waals surface area contributed by atoms with Gasteiger partial charge in [-0.25, -0.2) is 0 Å². The Kier molecular flexibility index (Phi) is 7.78. The largest absolute Gasteiger partial charge is 1.00 e. The maximum atomic E-state index is 9.89. The van der Waals surface area contributed by atoms with Crippen molar-refractivity contribution in [1.82, 2.24) is 0 Å². The number of halogens is 1. The monoisotopic (exact) mass is 425 g/mol. The molecule has 0 aliphatic rings. The van der Waals surface area contributed by atoms with Crippen molar-refractivity contribution in [2.24, 2.45) is 0 Å². The zero-order valence-electron chi connectivity index (χ0n) is 15.5. The van der Waals surface area contributed by atoms with Gasteiger partial charge < -0.3 is 41.9 Å². The van der Waals surface area contributed by atoms with E-state index in [0.29, 0.717) is 0 Å². The van der Waals surface area contributed by atoms with Crippen LogP contribution in [0, 0.1) is 0 Å². The van der Waals surface area contributed by atoms with Crippen molar-refractivity contribution in [3.63, 3.8) is 0 Å². The average Bonchev–Trinajstić information content (AvgIpc) is 2.56. The molecular weight excluding hydrogens is 398 g/mol. The standard InChI is InChI=1S/C20H27NO4.BrH/c1-4-5-10-21(2,3)13-16(14-6-8-17(22)19(24)11-14)15-7-9-18(23)20(25)12-15;/h6-9,11-12,16H,4-5,10,13H2,1-3H3,(H3-,22,23,24,25);1H. The first-order valence-electron chi connectivity index (χ1n) is 8.59. The number of phenolic OH excluding ortho intramolecular Hbond substituents is 4. The second-order valence-electron chi connectivity index (χ2n) is 7.24. The van der Waals surface area contributed by atoms with Gasteiger partial charge in [0.15, 0.2) is 23.0 Å². The van der Waals surface area contributed by atoms with Gasteiger partial charge in [0.1, 0.15) is 0 Å². The number of aromatic hydroxyl groups is 4. The van der Waals surface area contributed by atoms with Crippen LogP contribution in [0.1, 0.15) is 36.8 Å². The first-order valence-corrected chi connectivity index (χ1v) is 8.59. The second-order valence-corrected chi connectivity index (χ2v) is 7.24. The van der Waals surface area contributed by atoms with Crippen molar-refractivity contribution < 1.29 is 41.9 Å². The summed E-state index contributed by atoms with van der Waals surface area (Å²) in [5.74, 6) is -0.731. The summed E-state index contributed by atoms with van der Waals surface area (Å²) in [6.45, 7) is 3.93. The van der Waals surface area contributed by atoms with Crippen LogP contribution >= 0.6 is 0 Å². The number of quaternary nitrogens is 1. The van der Waals surface area contributed by atoms with E-state index >= 15 is 0 Å². The summed E-state index contributed by atoms with van der Waals surface area (Å²) < 4.78 is 0.780. The van der Waals surface area contributed by atoms with Crippen molar-refractivity contribution in [3.05, 3.63) is 47.5 Å². The number of hydrogen-bond acceptors (Lipinski definition) is 4. The Morgan fingerprint density at radius 3 is 1.65 bits per heavy atom. The SMILES string of the molecule is CCCC[N+](C)(C)CC(c1ccc(O)c(O)c1)c1ccc(O)c(O)c1.[Br-]. The Morgan fingerprint density at radius 1 is 0.808 bits per heavy atom. The summed E-state index contributed by atoms with van der Waals surface area (Å²) in [6, 6.07) is 9.63. The van der Waals surface area contributed by atoms with Gasteiger partial charge in [0.2, 0.25) is 0 Å². The van der Waals surface area contributed by atoms with Crippen LogP contribution in [0.15, 0.2) is 36.4 Å². The lowest BCUT2D eigenvalue weighted by Crippen LogP contribution is -3.00. The smallest absolute Gasteiger partial charge is 0.157 e. The van der Waals surface area contributed by atoms with Gasteiger partial charge in [0.05, 0.1) is 33.1 Å². The molecule has 0 aromatic heterocycles. The molecule has 0 saturated carbocycles. The third-order valence-electron chi connectivity index (χ3n) is 4.60. The van der Waals surface area contributed by atoms with Crippen molar-refractivity contribution in [1.29, 1.82) is 0 Å². The number of unbranched alkanes of at least 4 members (excludes halogenated alkanes) is 1. The van der Waals surface area contributed by atoms with Crippen molar-refractivity contribution in [2.75, 3.05) is 27.2 Å². The Hall–Kier alpha value is -1.92. The van der Waals surface area contributed by atoms with Crippen molar-refractivity contribution in [3.8, 4) is 23.0 Å². The lowest BCUT2D eigenvalue weighted by atomic mass is 9.89. The molecule has 0 saturated heterocycles. The molecule has 0 aliphatic carbocycles. The molecule has 2 aromatic rings. The molecule has 26 heavy (non-hydrogen) atoms. The molecule has 4 N–H and O–H groups in total. The third kappa shape index (κ3) is 5.54. The number of hydrogen-bond donors (Lipinski definition) is 4. The van der Waals surface area contributed by atoms with Crippen LogP contribution in [0.3, 0.4) is 0 Å². The lowest BCUT2D eigenvalue weighted by molar-refractivity contribution is -0.891. The van der Waals surface area contributed by atoms with E-state index < -0.39 is 0 Å². The van der Waals surface area contributed by atoms with Crippen LogP contribution in [0.4, 0.5) is 0 Å². The first-order chi connectivity index (χ1) is 11.7. The fourth-order valence-electron chi connectivity index (χ4n) is 3.09. The summed E-state index contributed by atoms with van der Waals surface area (Å²) in [4.78, 5) is 0. The Bertz CT molecular complexity index is 682. The molecule has 0 bridgehead atoms. The molecule has 0 atom stereocenters. The summed E-state index contributed by atoms with van der Waals surface area (Å²) in [7, 11) is 4.31. The van der Waals surface area contributed by atoms with E-state index in [4.69, 9.17) is 0 Å². The molecule has 6 heteroatoms. The van der Waals surface area contributed by atoms with Gasteiger partial charge in [-0.2, -0.15) is 0 Å². The minimum Gasteiger partial charge on any atom is -1.00 e. The fraction of sp³-hybridized carbons (Fsp3) is 0.400. The summed E-state index contributed by atoms with van der Waals surface area (Å²) >= 11 is 0. The van der Waals surface area contributed by atoms with Gasteiger partial charge in [-0.15, -0.1) is 0 Å². The molecule has 2 aromatic carbocycles. The highest BCUT2D eigenvalue weighted by molar-refractivity contribution is 5.47. The zero-order valence-corrected chi connectivity index (χ0v) is 17.1. The first kappa shape index (κ1) is 22.1. The van der Waals surface area contributed by atoms with E-state index in [0.717, 1.165) is 41.5 Å². The van der Waals surface area contributed by atoms with Gasteiger partial charge >= 0.3 is 0 Å². The maximum absolute atomic E-state index is 9.89. The van der Waals surface area contributed by atoms with E-state index in [1.54, 1.807) is 24.3 Å². The topological polar surface area (TPSA) is 80.9 Å². The highest BCUT2D eigenvalue weighted by Crippen LogP contribution is 2.36. The summed E-state index contributed by atoms with van der Waals surface area (Å²) in [5.41, 5.74) is 1.70. The molecule has 0 radical (unpaired) electrons. The molecule has 144 valence electrons. The van der Waals surface area contributed by atoms with Gasteiger partial charge in [-0.3, -0.25) is 0 Å². The quantitative estimate of drug-likeness (QED) is 0.385. The van der Waals surface area contributed by atoms with E-state index in [1.807, 2.05) is 0 Å².